The molecule has 0 radical (unpaired) electrons. The molecule has 3 atom stereocenters. The minimum Gasteiger partial charge on any atom is -0.481 e. The quantitative estimate of drug-likeness (QED) is 0.741. The van der Waals surface area contributed by atoms with Gasteiger partial charge in [-0.15, -0.1) is 0 Å². The van der Waals surface area contributed by atoms with Gasteiger partial charge >= 0.3 is 12.0 Å². The minimum absolute atomic E-state index is 0.122. The van der Waals surface area contributed by atoms with Crippen LogP contribution in [0.1, 0.15) is 32.8 Å². The number of urea groups is 1. The smallest absolute Gasteiger partial charge is 0.320 e. The van der Waals surface area contributed by atoms with Gasteiger partial charge in [-0.3, -0.25) is 10.1 Å². The molecule has 1 aromatic heterocycles. The summed E-state index contributed by atoms with van der Waals surface area (Å²) in [4.78, 5) is 27.5. The number of nitrogens with zero attached hydrogens (tertiary/aromatic N) is 1. The number of carboxylic acid groups (broad SMARTS) is 1. The maximum absolute atomic E-state index is 12.2. The van der Waals surface area contributed by atoms with Crippen LogP contribution in [-0.4, -0.2) is 35.2 Å². The Balaban J connectivity index is 1.91. The molecule has 2 amide bonds. The Hall–Kier alpha value is -2.15. The molecule has 1 fully saturated rings. The van der Waals surface area contributed by atoms with Crippen molar-refractivity contribution in [1.29, 1.82) is 0 Å². The van der Waals surface area contributed by atoms with E-state index in [9.17, 15) is 14.7 Å². The van der Waals surface area contributed by atoms with E-state index in [1.807, 2.05) is 26.8 Å². The Morgan fingerprint density at radius 3 is 2.79 bits per heavy atom. The molecule has 3 N–H and O–H groups in total. The lowest BCUT2D eigenvalue weighted by atomic mass is 9.53. The Kier molecular flexibility index (Phi) is 5.43. The van der Waals surface area contributed by atoms with Crippen LogP contribution in [0.25, 0.3) is 0 Å². The molecule has 0 aliphatic heterocycles. The number of anilines is 1. The Morgan fingerprint density at radius 2 is 2.21 bits per heavy atom. The first-order valence-corrected chi connectivity index (χ1v) is 8.00. The number of ether oxygens (including phenoxy) is 1. The molecule has 1 heterocycles. The maximum atomic E-state index is 12.2. The zero-order chi connectivity index (χ0) is 17.9. The second kappa shape index (κ2) is 7.17. The van der Waals surface area contributed by atoms with Crippen molar-refractivity contribution < 1.29 is 19.4 Å². The number of aliphatic carboxylic acids is 1. The average molecular weight is 335 g/mol. The largest absolute Gasteiger partial charge is 0.481 e. The van der Waals surface area contributed by atoms with Crippen molar-refractivity contribution in [2.45, 2.75) is 39.8 Å². The van der Waals surface area contributed by atoms with E-state index in [0.717, 1.165) is 5.56 Å². The highest BCUT2D eigenvalue weighted by Crippen LogP contribution is 2.52. The number of methoxy groups -OCH3 is 1. The van der Waals surface area contributed by atoms with Gasteiger partial charge in [0.1, 0.15) is 5.82 Å². The summed E-state index contributed by atoms with van der Waals surface area (Å²) < 4.78 is 5.05. The number of amides is 2. The SMILES string of the molecule is COCc1ccnc(NC(=O)NC(C)[C@@H]2C[C@H](C(=O)O)C2(C)C)c1. The second-order valence-electron chi connectivity index (χ2n) is 6.92. The lowest BCUT2D eigenvalue weighted by molar-refractivity contribution is -0.160. The van der Waals surface area contributed by atoms with E-state index >= 15 is 0 Å². The van der Waals surface area contributed by atoms with Gasteiger partial charge in [0.15, 0.2) is 0 Å². The normalized spacial score (nSPS) is 23.0. The summed E-state index contributed by atoms with van der Waals surface area (Å²) in [5, 5.41) is 14.8. The van der Waals surface area contributed by atoms with Crippen molar-refractivity contribution in [3.63, 3.8) is 0 Å². The van der Waals surface area contributed by atoms with Gasteiger partial charge in [0.2, 0.25) is 0 Å². The fourth-order valence-electron chi connectivity index (χ4n) is 3.49. The number of aromatic nitrogens is 1. The standard InChI is InChI=1S/C17H25N3O4/c1-10(12-8-13(15(21)22)17(12,2)3)19-16(23)20-14-7-11(9-24-4)5-6-18-14/h5-7,10,12-13H,8-9H2,1-4H3,(H,21,22)(H2,18,19,20,23)/t10?,12-,13+/m0/s1. The van der Waals surface area contributed by atoms with Crippen molar-refractivity contribution in [1.82, 2.24) is 10.3 Å². The zero-order valence-corrected chi connectivity index (χ0v) is 14.5. The number of hydrogen-bond donors (Lipinski definition) is 3. The van der Waals surface area contributed by atoms with Crippen LogP contribution in [0, 0.1) is 17.3 Å². The predicted octanol–water partition coefficient (Wildman–Crippen LogP) is 2.48. The Bertz CT molecular complexity index is 618. The van der Waals surface area contributed by atoms with Gasteiger partial charge in [-0.1, -0.05) is 13.8 Å². The van der Waals surface area contributed by atoms with E-state index in [1.54, 1.807) is 19.4 Å². The Morgan fingerprint density at radius 1 is 1.50 bits per heavy atom. The molecule has 1 aliphatic carbocycles. The zero-order valence-electron chi connectivity index (χ0n) is 14.5. The molecular weight excluding hydrogens is 310 g/mol. The van der Waals surface area contributed by atoms with Crippen LogP contribution in [0.15, 0.2) is 18.3 Å². The van der Waals surface area contributed by atoms with Gasteiger partial charge in [0, 0.05) is 19.3 Å². The second-order valence-corrected chi connectivity index (χ2v) is 6.92. The molecule has 7 nitrogen and oxygen atoms in total. The molecule has 7 heteroatoms. The first-order chi connectivity index (χ1) is 11.3. The molecule has 0 bridgehead atoms. The summed E-state index contributed by atoms with van der Waals surface area (Å²) in [6, 6.07) is 3.09. The lowest BCUT2D eigenvalue weighted by Crippen LogP contribution is -2.57. The number of hydrogen-bond acceptors (Lipinski definition) is 4. The third-order valence-electron chi connectivity index (χ3n) is 4.98. The molecule has 1 unspecified atom stereocenters. The minimum atomic E-state index is -0.771. The van der Waals surface area contributed by atoms with E-state index in [2.05, 4.69) is 15.6 Å². The van der Waals surface area contributed by atoms with Crippen LogP contribution >= 0.6 is 0 Å². The third kappa shape index (κ3) is 3.84. The highest BCUT2D eigenvalue weighted by atomic mass is 16.5. The van der Waals surface area contributed by atoms with Gasteiger partial charge in [-0.05, 0) is 42.4 Å². The van der Waals surface area contributed by atoms with Crippen molar-refractivity contribution in [3.8, 4) is 0 Å². The van der Waals surface area contributed by atoms with Crippen LogP contribution in [0.5, 0.6) is 0 Å². The highest BCUT2D eigenvalue weighted by molar-refractivity contribution is 5.88. The molecule has 2 rings (SSSR count). The van der Waals surface area contributed by atoms with E-state index in [4.69, 9.17) is 4.74 Å². The lowest BCUT2D eigenvalue weighted by Gasteiger charge is -2.52. The van der Waals surface area contributed by atoms with Gasteiger partial charge in [-0.25, -0.2) is 9.78 Å². The molecule has 132 valence electrons. The molecule has 0 aromatic carbocycles. The van der Waals surface area contributed by atoms with Crippen LogP contribution in [0.3, 0.4) is 0 Å². The number of carbonyl (C=O) groups is 2. The molecular formula is C17H25N3O4. The number of pyridine rings is 1. The summed E-state index contributed by atoms with van der Waals surface area (Å²) in [5.41, 5.74) is 0.579. The molecule has 1 aromatic rings. The molecule has 0 saturated heterocycles. The van der Waals surface area contributed by atoms with Crippen LogP contribution in [0.4, 0.5) is 10.6 Å². The fraction of sp³-hybridized carbons (Fsp3) is 0.588. The topological polar surface area (TPSA) is 101 Å². The monoisotopic (exact) mass is 335 g/mol. The van der Waals surface area contributed by atoms with Crippen molar-refractivity contribution >= 4 is 17.8 Å². The summed E-state index contributed by atoms with van der Waals surface area (Å²) in [6.07, 6.45) is 2.19. The van der Waals surface area contributed by atoms with Crippen molar-refractivity contribution in [3.05, 3.63) is 23.9 Å². The summed E-state index contributed by atoms with van der Waals surface area (Å²) in [5.74, 6) is -0.558. The number of nitrogens with one attached hydrogen (secondary N) is 2. The fourth-order valence-corrected chi connectivity index (χ4v) is 3.49. The summed E-state index contributed by atoms with van der Waals surface area (Å²) >= 11 is 0. The highest BCUT2D eigenvalue weighted by Gasteiger charge is 2.53. The van der Waals surface area contributed by atoms with Gasteiger partial charge < -0.3 is 15.2 Å². The van der Waals surface area contributed by atoms with Gasteiger partial charge in [0.25, 0.3) is 0 Å². The van der Waals surface area contributed by atoms with Crippen molar-refractivity contribution in [2.75, 3.05) is 12.4 Å². The van der Waals surface area contributed by atoms with E-state index in [0.29, 0.717) is 18.8 Å². The number of rotatable bonds is 6. The first-order valence-electron chi connectivity index (χ1n) is 8.00. The van der Waals surface area contributed by atoms with Crippen LogP contribution in [-0.2, 0) is 16.1 Å². The number of carboxylic acids is 1. The van der Waals surface area contributed by atoms with E-state index in [-0.39, 0.29) is 29.3 Å². The van der Waals surface area contributed by atoms with Crippen LogP contribution in [0.2, 0.25) is 0 Å². The maximum Gasteiger partial charge on any atom is 0.320 e. The van der Waals surface area contributed by atoms with E-state index in [1.165, 1.54) is 0 Å². The average Bonchev–Trinajstić information content (AvgIpc) is 2.46. The molecule has 1 aliphatic rings. The van der Waals surface area contributed by atoms with E-state index < -0.39 is 5.97 Å². The molecule has 24 heavy (non-hydrogen) atoms. The predicted molar refractivity (Wildman–Crippen MR) is 89.6 cm³/mol. The third-order valence-corrected chi connectivity index (χ3v) is 4.98. The van der Waals surface area contributed by atoms with Crippen LogP contribution < -0.4 is 10.6 Å². The van der Waals surface area contributed by atoms with Gasteiger partial charge in [-0.2, -0.15) is 0 Å². The molecule has 0 spiro atoms. The summed E-state index contributed by atoms with van der Waals surface area (Å²) in [6.45, 7) is 6.22. The molecule has 1 saturated carbocycles. The Labute approximate surface area is 141 Å². The number of carbonyl (C=O) groups excluding carboxylic acids is 1. The summed E-state index contributed by atoms with van der Waals surface area (Å²) in [7, 11) is 1.60. The first kappa shape index (κ1) is 18.2. The van der Waals surface area contributed by atoms with Gasteiger partial charge in [0.05, 0.1) is 12.5 Å². The van der Waals surface area contributed by atoms with Crippen molar-refractivity contribution in [2.24, 2.45) is 17.3 Å².